The third-order valence-electron chi connectivity index (χ3n) is 1.98. The van der Waals surface area contributed by atoms with E-state index in [-0.39, 0.29) is 6.15 Å². The minimum Gasteiger partial charge on any atom is -0.471 e. The van der Waals surface area contributed by atoms with Gasteiger partial charge in [0, 0.05) is 18.3 Å². The van der Waals surface area contributed by atoms with Gasteiger partial charge in [0.25, 0.3) is 6.20 Å². The molecule has 0 N–H and O–H groups in total. The van der Waals surface area contributed by atoms with Crippen LogP contribution in [0.4, 0.5) is 0 Å². The van der Waals surface area contributed by atoms with Gasteiger partial charge in [-0.25, -0.2) is 19.5 Å². The fourth-order valence-electron chi connectivity index (χ4n) is 1.25. The van der Waals surface area contributed by atoms with Crippen LogP contribution in [0, 0.1) is 0 Å². The van der Waals surface area contributed by atoms with Crippen molar-refractivity contribution in [3.05, 3.63) is 46.4 Å². The van der Waals surface area contributed by atoms with Crippen LogP contribution in [-0.2, 0) is 4.74 Å². The summed E-state index contributed by atoms with van der Waals surface area (Å²) < 4.78 is 10.2. The second-order valence-corrected chi connectivity index (χ2v) is 3.01. The first-order valence-electron chi connectivity index (χ1n) is 4.45. The topological polar surface area (TPSA) is 105 Å². The first-order valence-corrected chi connectivity index (χ1v) is 4.45. The lowest BCUT2D eigenvalue weighted by Gasteiger charge is -2.00. The highest BCUT2D eigenvalue weighted by Crippen LogP contribution is 2.05. The van der Waals surface area contributed by atoms with Crippen molar-refractivity contribution >= 4 is 5.97 Å². The molecule has 0 saturated heterocycles. The van der Waals surface area contributed by atoms with E-state index in [0.717, 1.165) is 0 Å². The van der Waals surface area contributed by atoms with Crippen LogP contribution in [-0.4, -0.2) is 13.1 Å². The molecule has 1 heterocycles. The standard InChI is InChI=1S/C10H8N2O4.N/c1-15-10(14)7-3-2-4-8(5-7)12-6-9(13)16-11-12;/h2-6H,1H3;. The lowest BCUT2D eigenvalue weighted by Crippen LogP contribution is -2.34. The number of methoxy groups -OCH3 is 1. The molecule has 0 fully saturated rings. The van der Waals surface area contributed by atoms with E-state index >= 15 is 0 Å². The maximum atomic E-state index is 11.3. The molecule has 0 atom stereocenters. The van der Waals surface area contributed by atoms with Crippen LogP contribution in [0.15, 0.2) is 39.8 Å². The van der Waals surface area contributed by atoms with E-state index in [4.69, 9.17) is 0 Å². The molecule has 2 rings (SSSR count). The molecule has 0 spiro atoms. The highest BCUT2D eigenvalue weighted by atomic mass is 16.5. The normalized spacial score (nSPS) is 9.47. The number of benzene rings is 1. The maximum Gasteiger partial charge on any atom is 0.389 e. The van der Waals surface area contributed by atoms with Gasteiger partial charge in [-0.15, -0.1) is 0 Å². The first kappa shape index (κ1) is 12.7. The first-order chi connectivity index (χ1) is 7.70. The highest BCUT2D eigenvalue weighted by Gasteiger charge is 2.09. The number of aromatic nitrogens is 2. The van der Waals surface area contributed by atoms with Crippen LogP contribution >= 0.6 is 0 Å². The monoisotopic (exact) mass is 234 g/mol. The molecule has 7 heteroatoms. The Balaban J connectivity index is 0.00000144. The van der Waals surface area contributed by atoms with E-state index in [2.05, 4.69) is 14.5 Å². The summed E-state index contributed by atoms with van der Waals surface area (Å²) in [5.74, 6) is -0.451. The molecule has 0 saturated carbocycles. The van der Waals surface area contributed by atoms with Crippen molar-refractivity contribution in [1.82, 2.24) is 11.4 Å². The number of hydrogen-bond donors (Lipinski definition) is 0. The number of carbonyl (C=O) groups excluding carboxylic acids is 1. The number of hydrogen-bond acceptors (Lipinski definition) is 4. The molecular formula is C10H8N3O4. The summed E-state index contributed by atoms with van der Waals surface area (Å²) in [6, 6.07) is 6.50. The molecule has 0 aliphatic rings. The Labute approximate surface area is 96.2 Å². The van der Waals surface area contributed by atoms with Gasteiger partial charge in [0.2, 0.25) is 5.69 Å². The third-order valence-corrected chi connectivity index (χ3v) is 1.98. The number of esters is 1. The zero-order valence-electron chi connectivity index (χ0n) is 8.86. The SMILES string of the molecule is COC(=O)c1cccc(-[n+]2cc(=O)o[n-]2)c1.[N]. The smallest absolute Gasteiger partial charge is 0.389 e. The molecule has 17 heavy (non-hydrogen) atoms. The van der Waals surface area contributed by atoms with Crippen LogP contribution < -0.4 is 21.7 Å². The maximum absolute atomic E-state index is 11.3. The predicted octanol–water partition coefficient (Wildman–Crippen LogP) is -0.820. The summed E-state index contributed by atoms with van der Waals surface area (Å²) in [5, 5.41) is 3.49. The van der Waals surface area contributed by atoms with E-state index in [1.165, 1.54) is 18.0 Å². The van der Waals surface area contributed by atoms with E-state index in [9.17, 15) is 9.59 Å². The fraction of sp³-hybridized carbons (Fsp3) is 0.100. The number of rotatable bonds is 2. The molecule has 7 nitrogen and oxygen atoms in total. The molecule has 1 aromatic heterocycles. The number of nitrogens with zero attached hydrogens (tertiary/aromatic N) is 3. The average Bonchev–Trinajstić information content (AvgIpc) is 2.75. The van der Waals surface area contributed by atoms with Gasteiger partial charge in [0.15, 0.2) is 0 Å². The molecule has 3 radical (unpaired) electrons. The summed E-state index contributed by atoms with van der Waals surface area (Å²) in [6.07, 6.45) is 1.18. The van der Waals surface area contributed by atoms with Gasteiger partial charge < -0.3 is 9.26 Å². The Morgan fingerprint density at radius 3 is 2.82 bits per heavy atom. The Morgan fingerprint density at radius 1 is 1.47 bits per heavy atom. The number of carbonyl (C=O) groups is 1. The zero-order valence-corrected chi connectivity index (χ0v) is 8.86. The van der Waals surface area contributed by atoms with Gasteiger partial charge in [-0.1, -0.05) is 6.07 Å². The van der Waals surface area contributed by atoms with Crippen molar-refractivity contribution in [2.24, 2.45) is 0 Å². The van der Waals surface area contributed by atoms with E-state index in [0.29, 0.717) is 11.3 Å². The van der Waals surface area contributed by atoms with Crippen LogP contribution in [0.25, 0.3) is 5.69 Å². The molecule has 0 bridgehead atoms. The van der Waals surface area contributed by atoms with Gasteiger partial charge in [-0.3, -0.25) is 0 Å². The lowest BCUT2D eigenvalue weighted by molar-refractivity contribution is -0.676. The van der Waals surface area contributed by atoms with Crippen LogP contribution in [0.1, 0.15) is 10.4 Å². The highest BCUT2D eigenvalue weighted by molar-refractivity contribution is 5.89. The van der Waals surface area contributed by atoms with Crippen LogP contribution in [0.5, 0.6) is 0 Å². The average molecular weight is 234 g/mol. The van der Waals surface area contributed by atoms with E-state index in [1.807, 2.05) is 0 Å². The summed E-state index contributed by atoms with van der Waals surface area (Å²) >= 11 is 0. The van der Waals surface area contributed by atoms with Crippen LogP contribution in [0.3, 0.4) is 0 Å². The van der Waals surface area contributed by atoms with Crippen molar-refractivity contribution in [3.8, 4) is 5.69 Å². The largest absolute Gasteiger partial charge is 0.471 e. The second-order valence-electron chi connectivity index (χ2n) is 3.01. The lowest BCUT2D eigenvalue weighted by atomic mass is 10.2. The minimum atomic E-state index is -0.552. The molecule has 2 aromatic rings. The van der Waals surface area contributed by atoms with Crippen molar-refractivity contribution in [2.75, 3.05) is 7.11 Å². The zero-order chi connectivity index (χ0) is 11.5. The molecular weight excluding hydrogens is 226 g/mol. The Bertz CT molecular complexity index is 573. The number of ether oxygens (including phenoxy) is 1. The quantitative estimate of drug-likeness (QED) is 0.498. The molecule has 87 valence electrons. The Kier molecular flexibility index (Phi) is 3.78. The Morgan fingerprint density at radius 2 is 2.24 bits per heavy atom. The van der Waals surface area contributed by atoms with Crippen molar-refractivity contribution in [1.29, 1.82) is 0 Å². The second kappa shape index (κ2) is 5.08. The Hall–Kier alpha value is -2.41. The van der Waals surface area contributed by atoms with Gasteiger partial charge in [0.1, 0.15) is 0 Å². The van der Waals surface area contributed by atoms with Crippen molar-refractivity contribution < 1.29 is 18.7 Å². The summed E-state index contributed by atoms with van der Waals surface area (Å²) in [5.41, 5.74) is 0.375. The van der Waals surface area contributed by atoms with Gasteiger partial charge in [0.05, 0.1) is 12.7 Å². The van der Waals surface area contributed by atoms with Gasteiger partial charge in [-0.05, 0) is 6.07 Å². The third kappa shape index (κ3) is 2.58. The summed E-state index contributed by atoms with van der Waals surface area (Å²) in [6.45, 7) is 0. The summed E-state index contributed by atoms with van der Waals surface area (Å²) in [4.78, 5) is 22.1. The van der Waals surface area contributed by atoms with E-state index in [1.54, 1.807) is 24.3 Å². The van der Waals surface area contributed by atoms with Crippen molar-refractivity contribution in [3.63, 3.8) is 0 Å². The molecule has 0 unspecified atom stereocenters. The summed E-state index contributed by atoms with van der Waals surface area (Å²) in [7, 11) is 1.30. The van der Waals surface area contributed by atoms with Crippen molar-refractivity contribution in [2.45, 2.75) is 0 Å². The minimum absolute atomic E-state index is 0. The molecule has 0 amide bonds. The van der Waals surface area contributed by atoms with Gasteiger partial charge in [-0.2, -0.15) is 0 Å². The van der Waals surface area contributed by atoms with Gasteiger partial charge >= 0.3 is 11.6 Å². The molecule has 1 aromatic carbocycles. The van der Waals surface area contributed by atoms with E-state index < -0.39 is 11.6 Å². The van der Waals surface area contributed by atoms with Crippen LogP contribution in [0.2, 0.25) is 0 Å². The molecule has 0 aliphatic carbocycles. The molecule has 0 aliphatic heterocycles. The fourth-order valence-corrected chi connectivity index (χ4v) is 1.25. The predicted molar refractivity (Wildman–Crippen MR) is 53.3 cm³/mol.